The van der Waals surface area contributed by atoms with E-state index in [1.165, 1.54) is 36.5 Å². The Labute approximate surface area is 168 Å². The van der Waals surface area contributed by atoms with Crippen molar-refractivity contribution in [2.75, 3.05) is 13.1 Å². The average Bonchev–Trinajstić information content (AvgIpc) is 2.97. The molecule has 0 radical (unpaired) electrons. The van der Waals surface area contributed by atoms with Gasteiger partial charge >= 0.3 is 6.61 Å². The number of nitrogens with one attached hydrogen (secondary N) is 1. The fourth-order valence-electron chi connectivity index (χ4n) is 2.46. The van der Waals surface area contributed by atoms with Crippen LogP contribution in [0.15, 0.2) is 53.6 Å². The van der Waals surface area contributed by atoms with E-state index in [0.717, 1.165) is 16.7 Å². The van der Waals surface area contributed by atoms with Gasteiger partial charge in [0.2, 0.25) is 0 Å². The molecule has 0 spiro atoms. The van der Waals surface area contributed by atoms with E-state index in [4.69, 9.17) is 0 Å². The van der Waals surface area contributed by atoms with Gasteiger partial charge in [0.25, 0.3) is 17.1 Å². The number of benzene rings is 1. The van der Waals surface area contributed by atoms with Crippen molar-refractivity contribution < 1.29 is 27.9 Å². The second kappa shape index (κ2) is 9.28. The predicted octanol–water partition coefficient (Wildman–Crippen LogP) is 3.15. The molecular weight excluding hydrogens is 404 g/mol. The Hall–Kier alpha value is -3.27. The molecule has 0 bridgehead atoms. The van der Waals surface area contributed by atoms with Crippen molar-refractivity contribution in [3.63, 3.8) is 0 Å². The van der Waals surface area contributed by atoms with Gasteiger partial charge in [0.05, 0.1) is 4.91 Å². The number of rotatable bonds is 7. The van der Waals surface area contributed by atoms with E-state index >= 15 is 0 Å². The average molecular weight is 419 g/mol. The Morgan fingerprint density at radius 2 is 1.97 bits per heavy atom. The summed E-state index contributed by atoms with van der Waals surface area (Å²) in [6.07, 6.45) is 2.98. The number of thioether (sulfide) groups is 1. The Morgan fingerprint density at radius 3 is 2.62 bits per heavy atom. The molecule has 1 N–H and O–H groups in total. The number of pyridine rings is 1. The van der Waals surface area contributed by atoms with Gasteiger partial charge in [-0.25, -0.2) is 0 Å². The molecule has 29 heavy (non-hydrogen) atoms. The minimum Gasteiger partial charge on any atom is -0.435 e. The zero-order chi connectivity index (χ0) is 20.8. The van der Waals surface area contributed by atoms with Crippen LogP contribution in [0.25, 0.3) is 6.08 Å². The van der Waals surface area contributed by atoms with E-state index in [9.17, 15) is 23.2 Å². The number of hydrogen-bond donors (Lipinski definition) is 1. The Kier molecular flexibility index (Phi) is 6.55. The molecule has 1 aliphatic heterocycles. The highest BCUT2D eigenvalue weighted by Gasteiger charge is 2.34. The lowest BCUT2D eigenvalue weighted by atomic mass is 10.2. The van der Waals surface area contributed by atoms with Gasteiger partial charge in [-0.2, -0.15) is 8.78 Å². The summed E-state index contributed by atoms with van der Waals surface area (Å²) in [5.74, 6) is -0.895. The molecular formula is C19H15F2N3O4S. The molecule has 3 rings (SSSR count). The van der Waals surface area contributed by atoms with Crippen LogP contribution < -0.4 is 10.1 Å². The third kappa shape index (κ3) is 5.38. The summed E-state index contributed by atoms with van der Waals surface area (Å²) in [6.45, 7) is -2.82. The molecule has 1 saturated heterocycles. The topological polar surface area (TPSA) is 88.6 Å². The van der Waals surface area contributed by atoms with Gasteiger partial charge in [0, 0.05) is 19.3 Å². The van der Waals surface area contributed by atoms with E-state index in [0.29, 0.717) is 5.56 Å². The SMILES string of the molecule is O=C(NCCN1C(=O)S/C(=C\c2ccc(OC(F)F)cc2)C1=O)c1ccccn1. The first-order chi connectivity index (χ1) is 13.9. The van der Waals surface area contributed by atoms with Gasteiger partial charge in [-0.05, 0) is 47.7 Å². The molecule has 1 fully saturated rings. The third-order valence-corrected chi connectivity index (χ3v) is 4.70. The van der Waals surface area contributed by atoms with Crippen LogP contribution >= 0.6 is 11.8 Å². The van der Waals surface area contributed by atoms with Gasteiger partial charge in [-0.1, -0.05) is 18.2 Å². The minimum absolute atomic E-state index is 0.00565. The molecule has 1 aliphatic rings. The molecule has 2 aromatic rings. The summed E-state index contributed by atoms with van der Waals surface area (Å²) >= 11 is 0.769. The summed E-state index contributed by atoms with van der Waals surface area (Å²) in [4.78, 5) is 41.6. The summed E-state index contributed by atoms with van der Waals surface area (Å²) in [5.41, 5.74) is 0.793. The molecule has 0 aliphatic carbocycles. The maximum atomic E-state index is 12.4. The number of halogens is 2. The van der Waals surface area contributed by atoms with Crippen LogP contribution in [0.4, 0.5) is 13.6 Å². The molecule has 0 saturated carbocycles. The fraction of sp³-hybridized carbons (Fsp3) is 0.158. The van der Waals surface area contributed by atoms with Crippen LogP contribution in [-0.2, 0) is 4.79 Å². The highest BCUT2D eigenvalue weighted by molar-refractivity contribution is 8.18. The molecule has 1 aromatic carbocycles. The van der Waals surface area contributed by atoms with E-state index in [1.54, 1.807) is 18.2 Å². The van der Waals surface area contributed by atoms with Crippen molar-refractivity contribution in [2.45, 2.75) is 6.61 Å². The van der Waals surface area contributed by atoms with Gasteiger partial charge in [-0.3, -0.25) is 24.3 Å². The number of carbonyl (C=O) groups excluding carboxylic acids is 3. The van der Waals surface area contributed by atoms with Crippen molar-refractivity contribution in [1.29, 1.82) is 0 Å². The summed E-state index contributed by atoms with van der Waals surface area (Å²) in [7, 11) is 0. The zero-order valence-electron chi connectivity index (χ0n) is 14.9. The van der Waals surface area contributed by atoms with E-state index < -0.39 is 23.7 Å². The van der Waals surface area contributed by atoms with Crippen LogP contribution in [0.3, 0.4) is 0 Å². The third-order valence-electron chi connectivity index (χ3n) is 3.80. The van der Waals surface area contributed by atoms with Crippen molar-refractivity contribution in [1.82, 2.24) is 15.2 Å². The first kappa shape index (κ1) is 20.5. The van der Waals surface area contributed by atoms with E-state index in [1.807, 2.05) is 0 Å². The van der Waals surface area contributed by atoms with Crippen LogP contribution in [0.5, 0.6) is 5.75 Å². The summed E-state index contributed by atoms with van der Waals surface area (Å²) < 4.78 is 28.6. The lowest BCUT2D eigenvalue weighted by Crippen LogP contribution is -2.37. The highest BCUT2D eigenvalue weighted by Crippen LogP contribution is 2.32. The molecule has 10 heteroatoms. The first-order valence-electron chi connectivity index (χ1n) is 8.43. The van der Waals surface area contributed by atoms with E-state index in [2.05, 4.69) is 15.0 Å². The number of aromatic nitrogens is 1. The molecule has 7 nitrogen and oxygen atoms in total. The molecule has 0 atom stereocenters. The monoisotopic (exact) mass is 419 g/mol. The Morgan fingerprint density at radius 1 is 1.21 bits per heavy atom. The number of ether oxygens (including phenoxy) is 1. The maximum absolute atomic E-state index is 12.4. The van der Waals surface area contributed by atoms with Crippen molar-refractivity contribution >= 4 is 34.9 Å². The number of carbonyl (C=O) groups is 3. The summed E-state index contributed by atoms with van der Waals surface area (Å²) in [6, 6.07) is 10.6. The highest BCUT2D eigenvalue weighted by atomic mass is 32.2. The number of alkyl halides is 2. The minimum atomic E-state index is -2.92. The molecule has 1 aromatic heterocycles. The largest absolute Gasteiger partial charge is 0.435 e. The van der Waals surface area contributed by atoms with Crippen LogP contribution in [0.1, 0.15) is 16.1 Å². The standard InChI is InChI=1S/C19H15F2N3O4S/c20-18(21)28-13-6-4-12(5-7-13)11-15-17(26)24(19(27)29-15)10-9-23-16(25)14-3-1-2-8-22-14/h1-8,11,18H,9-10H2,(H,23,25)/b15-11-. The maximum Gasteiger partial charge on any atom is 0.387 e. The van der Waals surface area contributed by atoms with Crippen molar-refractivity contribution in [3.05, 3.63) is 64.8 Å². The fourth-order valence-corrected chi connectivity index (χ4v) is 3.32. The Bertz CT molecular complexity index is 936. The zero-order valence-corrected chi connectivity index (χ0v) is 15.7. The number of nitrogens with zero attached hydrogens (tertiary/aromatic N) is 2. The van der Waals surface area contributed by atoms with Gasteiger partial charge in [0.1, 0.15) is 11.4 Å². The second-order valence-corrected chi connectivity index (χ2v) is 6.74. The molecule has 2 heterocycles. The molecule has 3 amide bonds. The smallest absolute Gasteiger partial charge is 0.387 e. The Balaban J connectivity index is 1.57. The second-order valence-electron chi connectivity index (χ2n) is 5.75. The van der Waals surface area contributed by atoms with Gasteiger partial charge in [0.15, 0.2) is 0 Å². The molecule has 150 valence electrons. The summed E-state index contributed by atoms with van der Waals surface area (Å²) in [5, 5.41) is 2.15. The lowest BCUT2D eigenvalue weighted by Gasteiger charge is -2.12. The molecule has 0 unspecified atom stereocenters. The van der Waals surface area contributed by atoms with Crippen molar-refractivity contribution in [3.8, 4) is 5.75 Å². The normalized spacial score (nSPS) is 15.3. The van der Waals surface area contributed by atoms with Crippen molar-refractivity contribution in [2.24, 2.45) is 0 Å². The van der Waals surface area contributed by atoms with Gasteiger partial charge < -0.3 is 10.1 Å². The van der Waals surface area contributed by atoms with Crippen LogP contribution in [0.2, 0.25) is 0 Å². The van der Waals surface area contributed by atoms with Gasteiger partial charge in [-0.15, -0.1) is 0 Å². The first-order valence-corrected chi connectivity index (χ1v) is 9.25. The quantitative estimate of drug-likeness (QED) is 0.694. The van der Waals surface area contributed by atoms with Crippen LogP contribution in [0, 0.1) is 0 Å². The number of imide groups is 1. The van der Waals surface area contributed by atoms with E-state index in [-0.39, 0.29) is 29.4 Å². The van der Waals surface area contributed by atoms with Crippen LogP contribution in [-0.4, -0.2) is 46.6 Å². The lowest BCUT2D eigenvalue weighted by molar-refractivity contribution is -0.122. The number of amides is 3. The number of hydrogen-bond acceptors (Lipinski definition) is 6. The predicted molar refractivity (Wildman–Crippen MR) is 102 cm³/mol.